The second kappa shape index (κ2) is 4.11. The maximum atomic E-state index is 6.02. The van der Waals surface area contributed by atoms with E-state index in [1.54, 1.807) is 29.5 Å². The molecule has 0 aromatic carbocycles. The predicted octanol–water partition coefficient (Wildman–Crippen LogP) is 1.11. The normalized spacial score (nSPS) is 12.8. The highest BCUT2D eigenvalue weighted by Crippen LogP contribution is 2.21. The van der Waals surface area contributed by atoms with Gasteiger partial charge in [0.05, 0.1) is 18.0 Å². The maximum Gasteiger partial charge on any atom is 0.248 e. The minimum Gasteiger partial charge on any atom is -0.472 e. The topological polar surface area (TPSA) is 95.9 Å². The van der Waals surface area contributed by atoms with Gasteiger partial charge in [0.1, 0.15) is 12.3 Å². The van der Waals surface area contributed by atoms with Crippen LogP contribution in [0.3, 0.4) is 0 Å². The van der Waals surface area contributed by atoms with E-state index in [-0.39, 0.29) is 0 Å². The number of rotatable bonds is 3. The lowest BCUT2D eigenvalue weighted by Crippen LogP contribution is -2.11. The molecule has 0 bridgehead atoms. The van der Waals surface area contributed by atoms with Crippen LogP contribution in [0.2, 0.25) is 0 Å². The Balaban J connectivity index is 1.89. The molecule has 0 spiro atoms. The van der Waals surface area contributed by atoms with Crippen molar-refractivity contribution in [2.75, 3.05) is 0 Å². The summed E-state index contributed by atoms with van der Waals surface area (Å²) < 4.78 is 11.8. The lowest BCUT2D eigenvalue weighted by atomic mass is 10.2. The van der Waals surface area contributed by atoms with Gasteiger partial charge in [0.25, 0.3) is 0 Å². The first-order chi connectivity index (χ1) is 8.74. The second-order valence-corrected chi connectivity index (χ2v) is 3.89. The molecular formula is C11H11N5O2. The van der Waals surface area contributed by atoms with E-state index < -0.39 is 6.04 Å². The molecule has 3 aromatic rings. The molecule has 3 aromatic heterocycles. The number of aromatic nitrogens is 4. The van der Waals surface area contributed by atoms with Crippen molar-refractivity contribution in [1.82, 2.24) is 19.9 Å². The highest BCUT2D eigenvalue weighted by atomic mass is 16.5. The van der Waals surface area contributed by atoms with E-state index in [1.165, 1.54) is 0 Å². The van der Waals surface area contributed by atoms with Crippen molar-refractivity contribution in [1.29, 1.82) is 0 Å². The molecule has 2 N–H and O–H groups in total. The molecule has 7 nitrogen and oxygen atoms in total. The van der Waals surface area contributed by atoms with Crippen LogP contribution in [0, 0.1) is 0 Å². The smallest absolute Gasteiger partial charge is 0.248 e. The number of nitrogens with two attached hydrogens (primary N) is 1. The van der Waals surface area contributed by atoms with Gasteiger partial charge in [0.15, 0.2) is 0 Å². The summed E-state index contributed by atoms with van der Waals surface area (Å²) in [5, 5.41) is 7.91. The Morgan fingerprint density at radius 1 is 1.44 bits per heavy atom. The Labute approximate surface area is 102 Å². The molecule has 0 fully saturated rings. The Bertz CT molecular complexity index is 640. The molecule has 0 saturated carbocycles. The number of furan rings is 1. The van der Waals surface area contributed by atoms with E-state index >= 15 is 0 Å². The Morgan fingerprint density at radius 3 is 3.00 bits per heavy atom. The third-order valence-corrected chi connectivity index (χ3v) is 2.57. The second-order valence-electron chi connectivity index (χ2n) is 3.89. The van der Waals surface area contributed by atoms with E-state index in [2.05, 4.69) is 15.2 Å². The lowest BCUT2D eigenvalue weighted by Gasteiger charge is -2.01. The highest BCUT2D eigenvalue weighted by Gasteiger charge is 2.19. The van der Waals surface area contributed by atoms with E-state index in [1.807, 2.05) is 13.2 Å². The molecule has 3 heterocycles. The van der Waals surface area contributed by atoms with Crippen molar-refractivity contribution >= 4 is 0 Å². The van der Waals surface area contributed by atoms with Gasteiger partial charge < -0.3 is 14.7 Å². The third kappa shape index (κ3) is 1.80. The summed E-state index contributed by atoms with van der Waals surface area (Å²) >= 11 is 0. The summed E-state index contributed by atoms with van der Waals surface area (Å²) in [6.07, 6.45) is 6.58. The molecule has 0 saturated heterocycles. The zero-order valence-electron chi connectivity index (χ0n) is 9.65. The first-order valence-electron chi connectivity index (χ1n) is 5.34. The van der Waals surface area contributed by atoms with Gasteiger partial charge in [0, 0.05) is 18.8 Å². The fourth-order valence-corrected chi connectivity index (χ4v) is 1.61. The van der Waals surface area contributed by atoms with Crippen LogP contribution < -0.4 is 5.73 Å². The van der Waals surface area contributed by atoms with Gasteiger partial charge in [-0.2, -0.15) is 10.1 Å². The van der Waals surface area contributed by atoms with E-state index in [0.29, 0.717) is 11.7 Å². The monoisotopic (exact) mass is 245 g/mol. The minimum atomic E-state index is -0.480. The third-order valence-electron chi connectivity index (χ3n) is 2.57. The first kappa shape index (κ1) is 10.7. The molecule has 1 atom stereocenters. The molecule has 92 valence electrons. The van der Waals surface area contributed by atoms with Crippen molar-refractivity contribution in [2.45, 2.75) is 6.04 Å². The van der Waals surface area contributed by atoms with Gasteiger partial charge in [-0.1, -0.05) is 5.16 Å². The van der Waals surface area contributed by atoms with E-state index in [0.717, 1.165) is 11.1 Å². The van der Waals surface area contributed by atoms with Crippen LogP contribution in [-0.4, -0.2) is 19.9 Å². The number of nitrogens with zero attached hydrogens (tertiary/aromatic N) is 4. The van der Waals surface area contributed by atoms with Crippen molar-refractivity contribution in [3.63, 3.8) is 0 Å². The van der Waals surface area contributed by atoms with E-state index in [9.17, 15) is 0 Å². The van der Waals surface area contributed by atoms with Gasteiger partial charge in [-0.15, -0.1) is 0 Å². The Morgan fingerprint density at radius 2 is 2.33 bits per heavy atom. The van der Waals surface area contributed by atoms with Gasteiger partial charge in [0.2, 0.25) is 11.7 Å². The molecule has 0 radical (unpaired) electrons. The number of aryl methyl sites for hydroxylation is 1. The van der Waals surface area contributed by atoms with Crippen molar-refractivity contribution in [2.24, 2.45) is 12.8 Å². The van der Waals surface area contributed by atoms with Crippen LogP contribution in [0.5, 0.6) is 0 Å². The molecular weight excluding hydrogens is 234 g/mol. The fourth-order valence-electron chi connectivity index (χ4n) is 1.61. The molecule has 1 unspecified atom stereocenters. The molecule has 3 rings (SSSR count). The van der Waals surface area contributed by atoms with Gasteiger partial charge in [-0.25, -0.2) is 0 Å². The molecule has 0 aliphatic rings. The lowest BCUT2D eigenvalue weighted by molar-refractivity contribution is 0.367. The zero-order chi connectivity index (χ0) is 12.5. The zero-order valence-corrected chi connectivity index (χ0v) is 9.65. The average molecular weight is 245 g/mol. The molecule has 0 amide bonds. The summed E-state index contributed by atoms with van der Waals surface area (Å²) in [6, 6.07) is 1.27. The largest absolute Gasteiger partial charge is 0.472 e. The molecule has 18 heavy (non-hydrogen) atoms. The fraction of sp³-hybridized carbons (Fsp3) is 0.182. The van der Waals surface area contributed by atoms with Crippen LogP contribution in [0.15, 0.2) is 39.9 Å². The van der Waals surface area contributed by atoms with Crippen LogP contribution in [0.4, 0.5) is 0 Å². The van der Waals surface area contributed by atoms with Crippen molar-refractivity contribution < 1.29 is 8.94 Å². The summed E-state index contributed by atoms with van der Waals surface area (Å²) in [7, 11) is 1.82. The van der Waals surface area contributed by atoms with Crippen LogP contribution in [0.1, 0.15) is 17.5 Å². The van der Waals surface area contributed by atoms with Crippen LogP contribution in [-0.2, 0) is 7.05 Å². The predicted molar refractivity (Wildman–Crippen MR) is 61.2 cm³/mol. The molecule has 0 aliphatic carbocycles. The summed E-state index contributed by atoms with van der Waals surface area (Å²) in [5.41, 5.74) is 7.60. The summed E-state index contributed by atoms with van der Waals surface area (Å²) in [6.45, 7) is 0. The van der Waals surface area contributed by atoms with Gasteiger partial charge in [-0.05, 0) is 6.07 Å². The molecule has 0 aliphatic heterocycles. The summed E-state index contributed by atoms with van der Waals surface area (Å²) in [4.78, 5) is 4.24. The van der Waals surface area contributed by atoms with Crippen molar-refractivity contribution in [3.05, 3.63) is 42.4 Å². The van der Waals surface area contributed by atoms with Gasteiger partial charge >= 0.3 is 0 Å². The number of hydrogen-bond donors (Lipinski definition) is 1. The SMILES string of the molecule is Cn1cc(C(N)c2nc(-c3ccoc3)no2)cn1. The van der Waals surface area contributed by atoms with E-state index in [4.69, 9.17) is 14.7 Å². The summed E-state index contributed by atoms with van der Waals surface area (Å²) in [5.74, 6) is 0.803. The van der Waals surface area contributed by atoms with Crippen LogP contribution >= 0.6 is 0 Å². The molecule has 7 heteroatoms. The highest BCUT2D eigenvalue weighted by molar-refractivity contribution is 5.51. The quantitative estimate of drug-likeness (QED) is 0.742. The van der Waals surface area contributed by atoms with Crippen molar-refractivity contribution in [3.8, 4) is 11.4 Å². The minimum absolute atomic E-state index is 0.346. The Kier molecular flexibility index (Phi) is 2.45. The Hall–Kier alpha value is -2.41. The number of hydrogen-bond acceptors (Lipinski definition) is 6. The maximum absolute atomic E-state index is 6.02. The standard InChI is InChI=1S/C11H11N5O2/c1-16-5-8(4-13-16)9(12)11-14-10(15-18-11)7-2-3-17-6-7/h2-6,9H,12H2,1H3. The average Bonchev–Trinajstić information content (AvgIpc) is 3.09. The van der Waals surface area contributed by atoms with Crippen LogP contribution in [0.25, 0.3) is 11.4 Å². The van der Waals surface area contributed by atoms with Gasteiger partial charge in [-0.3, -0.25) is 4.68 Å². The first-order valence-corrected chi connectivity index (χ1v) is 5.34.